The summed E-state index contributed by atoms with van der Waals surface area (Å²) in [4.78, 5) is 14.6. The summed E-state index contributed by atoms with van der Waals surface area (Å²) in [6.07, 6.45) is 1.39. The fourth-order valence-electron chi connectivity index (χ4n) is 3.32. The Bertz CT molecular complexity index is 726. The van der Waals surface area contributed by atoms with E-state index in [2.05, 4.69) is 15.5 Å². The van der Waals surface area contributed by atoms with Crippen LogP contribution in [0.25, 0.3) is 0 Å². The van der Waals surface area contributed by atoms with Crippen LogP contribution in [0, 0.1) is 0 Å². The highest BCUT2D eigenvalue weighted by molar-refractivity contribution is 7.89. The van der Waals surface area contributed by atoms with E-state index in [0.29, 0.717) is 12.0 Å². The topological polar surface area (TPSA) is 105 Å². The number of hydrogen-bond acceptors (Lipinski definition) is 5. The molecule has 2 heterocycles. The molecule has 0 bridgehead atoms. The van der Waals surface area contributed by atoms with Crippen LogP contribution in [0.1, 0.15) is 41.0 Å². The van der Waals surface area contributed by atoms with E-state index < -0.39 is 10.0 Å². The van der Waals surface area contributed by atoms with Gasteiger partial charge in [0.25, 0.3) is 5.91 Å². The van der Waals surface area contributed by atoms with Gasteiger partial charge in [-0.1, -0.05) is 13.3 Å². The molecule has 0 aromatic heterocycles. The molecule has 3 rings (SSSR count). The summed E-state index contributed by atoms with van der Waals surface area (Å²) in [7, 11) is -3.83. The summed E-state index contributed by atoms with van der Waals surface area (Å²) in [6, 6.07) is 3.02. The molecule has 0 radical (unpaired) electrons. The van der Waals surface area contributed by atoms with Crippen LogP contribution in [0.3, 0.4) is 0 Å². The summed E-state index contributed by atoms with van der Waals surface area (Å²) in [5, 5.41) is 11.5. The molecule has 0 spiro atoms. The average Bonchev–Trinajstić information content (AvgIpc) is 2.85. The van der Waals surface area contributed by atoms with E-state index in [1.54, 1.807) is 6.07 Å². The summed E-state index contributed by atoms with van der Waals surface area (Å²) in [5.41, 5.74) is 2.23. The Hall–Kier alpha value is -1.48. The highest BCUT2D eigenvalue weighted by Gasteiger charge is 2.36. The van der Waals surface area contributed by atoms with Gasteiger partial charge in [-0.25, -0.2) is 13.6 Å². The number of benzene rings is 1. The first-order valence-corrected chi connectivity index (χ1v) is 9.41. The van der Waals surface area contributed by atoms with Gasteiger partial charge in [0.15, 0.2) is 0 Å². The lowest BCUT2D eigenvalue weighted by Crippen LogP contribution is -2.48. The second-order valence-corrected chi connectivity index (χ2v) is 7.56. The predicted molar refractivity (Wildman–Crippen MR) is 86.5 cm³/mol. The number of rotatable bonds is 4. The second kappa shape index (κ2) is 6.20. The number of hydrogen-bond donors (Lipinski definition) is 3. The maximum atomic E-state index is 12.4. The van der Waals surface area contributed by atoms with Gasteiger partial charge in [0.1, 0.15) is 6.17 Å². The van der Waals surface area contributed by atoms with Crippen LogP contribution < -0.4 is 15.8 Å². The van der Waals surface area contributed by atoms with Crippen LogP contribution in [-0.4, -0.2) is 45.4 Å². The molecule has 2 aliphatic heterocycles. The van der Waals surface area contributed by atoms with Crippen LogP contribution in [0.2, 0.25) is 0 Å². The van der Waals surface area contributed by atoms with E-state index in [4.69, 9.17) is 5.14 Å². The van der Waals surface area contributed by atoms with E-state index in [9.17, 15) is 13.2 Å². The van der Waals surface area contributed by atoms with Crippen molar-refractivity contribution in [1.82, 2.24) is 15.5 Å². The smallest absolute Gasteiger partial charge is 0.253 e. The lowest BCUT2D eigenvalue weighted by molar-refractivity contribution is 0.0879. The Morgan fingerprint density at radius 2 is 2.00 bits per heavy atom. The first-order valence-electron chi connectivity index (χ1n) is 7.87. The third-order valence-electron chi connectivity index (χ3n) is 4.39. The summed E-state index contributed by atoms with van der Waals surface area (Å²) >= 11 is 0. The van der Waals surface area contributed by atoms with Crippen molar-refractivity contribution in [2.24, 2.45) is 5.14 Å². The van der Waals surface area contributed by atoms with Crippen LogP contribution in [0.15, 0.2) is 17.0 Å². The van der Waals surface area contributed by atoms with Crippen molar-refractivity contribution in [1.29, 1.82) is 0 Å². The fourth-order valence-corrected chi connectivity index (χ4v) is 3.91. The van der Waals surface area contributed by atoms with Crippen LogP contribution in [0.4, 0.5) is 0 Å². The first-order chi connectivity index (χ1) is 10.9. The Kier molecular flexibility index (Phi) is 4.41. The Labute approximate surface area is 136 Å². The maximum absolute atomic E-state index is 12.4. The SMILES string of the molecule is CCCc1cc(S(N)(=O)=O)cc2c1C(N1CCNCC1)NC2=O. The third kappa shape index (κ3) is 3.12. The number of carbonyl (C=O) groups is 1. The Morgan fingerprint density at radius 1 is 1.30 bits per heavy atom. The van der Waals surface area contributed by atoms with E-state index in [1.165, 1.54) is 6.07 Å². The molecule has 23 heavy (non-hydrogen) atoms. The van der Waals surface area contributed by atoms with Crippen LogP contribution in [-0.2, 0) is 16.4 Å². The van der Waals surface area contributed by atoms with E-state index in [1.807, 2.05) is 6.92 Å². The molecule has 1 fully saturated rings. The van der Waals surface area contributed by atoms with Crippen molar-refractivity contribution in [3.05, 3.63) is 28.8 Å². The molecule has 0 saturated carbocycles. The number of piperazine rings is 1. The highest BCUT2D eigenvalue weighted by Crippen LogP contribution is 2.34. The second-order valence-electron chi connectivity index (χ2n) is 6.00. The number of nitrogens with zero attached hydrogens (tertiary/aromatic N) is 1. The molecule has 1 aromatic carbocycles. The molecule has 126 valence electrons. The zero-order valence-electron chi connectivity index (χ0n) is 13.1. The van der Waals surface area contributed by atoms with Crippen molar-refractivity contribution in [3.8, 4) is 0 Å². The molecule has 1 saturated heterocycles. The predicted octanol–water partition coefficient (Wildman–Crippen LogP) is -0.0663. The largest absolute Gasteiger partial charge is 0.332 e. The Balaban J connectivity index is 2.09. The highest BCUT2D eigenvalue weighted by atomic mass is 32.2. The van der Waals surface area contributed by atoms with Crippen LogP contribution in [0.5, 0.6) is 0 Å². The lowest BCUT2D eigenvalue weighted by Gasteiger charge is -2.33. The minimum atomic E-state index is -3.83. The number of nitrogens with two attached hydrogens (primary N) is 1. The Morgan fingerprint density at radius 3 is 2.61 bits per heavy atom. The molecule has 0 aliphatic carbocycles. The minimum Gasteiger partial charge on any atom is -0.332 e. The average molecular weight is 338 g/mol. The zero-order chi connectivity index (χ0) is 16.6. The van der Waals surface area contributed by atoms with Gasteiger partial charge in [-0.15, -0.1) is 0 Å². The van der Waals surface area contributed by atoms with Crippen molar-refractivity contribution in [3.63, 3.8) is 0 Å². The molecule has 7 nitrogen and oxygen atoms in total. The van der Waals surface area contributed by atoms with Crippen molar-refractivity contribution in [2.45, 2.75) is 30.8 Å². The van der Waals surface area contributed by atoms with Crippen molar-refractivity contribution >= 4 is 15.9 Å². The number of fused-ring (bicyclic) bond motifs is 1. The number of nitrogens with one attached hydrogen (secondary N) is 2. The van der Waals surface area contributed by atoms with E-state index in [0.717, 1.165) is 43.7 Å². The van der Waals surface area contributed by atoms with Crippen LogP contribution >= 0.6 is 0 Å². The summed E-state index contributed by atoms with van der Waals surface area (Å²) in [6.45, 7) is 5.46. The first kappa shape index (κ1) is 16.4. The number of sulfonamides is 1. The number of amides is 1. The summed E-state index contributed by atoms with van der Waals surface area (Å²) < 4.78 is 23.4. The number of aryl methyl sites for hydroxylation is 1. The van der Waals surface area contributed by atoms with E-state index >= 15 is 0 Å². The summed E-state index contributed by atoms with van der Waals surface area (Å²) in [5.74, 6) is -0.230. The van der Waals surface area contributed by atoms with Gasteiger partial charge in [0.2, 0.25) is 10.0 Å². The molecule has 1 unspecified atom stereocenters. The number of carbonyl (C=O) groups excluding carboxylic acids is 1. The van der Waals surface area contributed by atoms with E-state index in [-0.39, 0.29) is 17.0 Å². The molecule has 8 heteroatoms. The lowest BCUT2D eigenvalue weighted by atomic mass is 9.97. The molecular formula is C15H22N4O3S. The zero-order valence-corrected chi connectivity index (χ0v) is 13.9. The molecule has 1 amide bonds. The van der Waals surface area contributed by atoms with Gasteiger partial charge in [0.05, 0.1) is 4.90 Å². The third-order valence-corrected chi connectivity index (χ3v) is 5.28. The standard InChI is InChI=1S/C15H22N4O3S/c1-2-3-10-8-11(23(16,21)22)9-12-13(10)14(18-15(12)20)19-6-4-17-5-7-19/h8-9,14,17H,2-7H2,1H3,(H,18,20)(H2,16,21,22). The normalized spacial score (nSPS) is 22.0. The van der Waals surface area contributed by atoms with Gasteiger partial charge < -0.3 is 10.6 Å². The molecular weight excluding hydrogens is 316 g/mol. The van der Waals surface area contributed by atoms with Crippen molar-refractivity contribution in [2.75, 3.05) is 26.2 Å². The van der Waals surface area contributed by atoms with Crippen molar-refractivity contribution < 1.29 is 13.2 Å². The van der Waals surface area contributed by atoms with Gasteiger partial charge in [-0.2, -0.15) is 0 Å². The molecule has 1 atom stereocenters. The van der Waals surface area contributed by atoms with Gasteiger partial charge in [-0.05, 0) is 24.1 Å². The minimum absolute atomic E-state index is 0.0100. The van der Waals surface area contributed by atoms with Gasteiger partial charge in [-0.3, -0.25) is 9.69 Å². The fraction of sp³-hybridized carbons (Fsp3) is 0.533. The molecule has 1 aromatic rings. The maximum Gasteiger partial charge on any atom is 0.253 e. The molecule has 2 aliphatic rings. The number of primary sulfonamides is 1. The molecule has 4 N–H and O–H groups in total. The quantitative estimate of drug-likeness (QED) is 0.713. The van der Waals surface area contributed by atoms with Gasteiger partial charge in [0, 0.05) is 37.3 Å². The van der Waals surface area contributed by atoms with Gasteiger partial charge >= 0.3 is 0 Å². The monoisotopic (exact) mass is 338 g/mol.